The first kappa shape index (κ1) is 39.7. The Hall–Kier alpha value is 0.720. The van der Waals surface area contributed by atoms with Crippen molar-refractivity contribution in [2.45, 2.75) is 78.6 Å². The van der Waals surface area contributed by atoms with Crippen LogP contribution in [0.2, 0.25) is 0 Å². The zero-order chi connectivity index (χ0) is 16.6. The van der Waals surface area contributed by atoms with Crippen molar-refractivity contribution in [3.8, 4) is 0 Å². The molecular formula is C15H39F3N3S3. The highest BCUT2D eigenvalue weighted by Gasteiger charge is 1.81. The second kappa shape index (κ2) is 49.5. The van der Waals surface area contributed by atoms with Crippen molar-refractivity contribution in [1.82, 2.24) is 14.2 Å². The Balaban J connectivity index is -0.0000000476. The van der Waals surface area contributed by atoms with Gasteiger partial charge in [0.2, 0.25) is 0 Å². The minimum atomic E-state index is 0. The number of hydrogen-bond donors (Lipinski definition) is 3. The van der Waals surface area contributed by atoms with Gasteiger partial charge in [-0.2, -0.15) is 0 Å². The maximum absolute atomic E-state index is 4.52. The van der Waals surface area contributed by atoms with Crippen LogP contribution in [0.4, 0.5) is 14.1 Å². The smallest absolute Gasteiger partial charge is 0.00668 e. The molecule has 0 aliphatic carbocycles. The average molecular weight is 415 g/mol. The van der Waals surface area contributed by atoms with E-state index < -0.39 is 0 Å². The molecule has 0 aromatic rings. The van der Waals surface area contributed by atoms with Crippen LogP contribution in [0.3, 0.4) is 0 Å². The van der Waals surface area contributed by atoms with Gasteiger partial charge in [-0.25, -0.2) is 0 Å². The molecule has 3 N–H and O–H groups in total. The maximum Gasteiger partial charge on any atom is 0.00668 e. The summed E-state index contributed by atoms with van der Waals surface area (Å²) in [5.74, 6) is 0. The summed E-state index contributed by atoms with van der Waals surface area (Å²) in [6, 6.07) is 0. The summed E-state index contributed by atoms with van der Waals surface area (Å²) in [6.45, 7) is 9.52. The Kier molecular flexibility index (Phi) is 81.9. The van der Waals surface area contributed by atoms with Crippen molar-refractivity contribution in [2.75, 3.05) is 19.6 Å². The van der Waals surface area contributed by atoms with Gasteiger partial charge in [0.05, 0.1) is 0 Å². The largest absolute Gasteiger partial charge is 0.269 e. The van der Waals surface area contributed by atoms with Crippen LogP contribution in [-0.2, 0) is 0 Å². The summed E-state index contributed by atoms with van der Waals surface area (Å²) < 4.78 is 8.06. The van der Waals surface area contributed by atoms with E-state index in [0.717, 1.165) is 19.6 Å². The molecule has 153 valence electrons. The quantitative estimate of drug-likeness (QED) is 0.338. The van der Waals surface area contributed by atoms with Gasteiger partial charge in [0.25, 0.3) is 0 Å². The maximum atomic E-state index is 4.52. The van der Waals surface area contributed by atoms with Gasteiger partial charge >= 0.3 is 0 Å². The lowest BCUT2D eigenvalue weighted by Crippen LogP contribution is -1.99. The number of hydrogen-bond acceptors (Lipinski definition) is 3. The standard InChI is InChI=1S/3C5H12NS.3FH/c3*1-2-3-4-5-6-7;;;/h3*6H,2-5H2,1H3;3*1H. The molecule has 0 heterocycles. The Morgan fingerprint density at radius 1 is 0.458 bits per heavy atom. The van der Waals surface area contributed by atoms with Crippen LogP contribution >= 0.6 is 38.4 Å². The van der Waals surface area contributed by atoms with Crippen LogP contribution in [0.1, 0.15) is 78.6 Å². The number of nitrogens with one attached hydrogen (secondary N) is 3. The van der Waals surface area contributed by atoms with Crippen LogP contribution in [0.25, 0.3) is 0 Å². The molecule has 0 saturated heterocycles. The van der Waals surface area contributed by atoms with Crippen molar-refractivity contribution in [3.63, 3.8) is 0 Å². The fourth-order valence-electron chi connectivity index (χ4n) is 1.34. The third-order valence-corrected chi connectivity index (χ3v) is 3.26. The van der Waals surface area contributed by atoms with Gasteiger partial charge in [0.15, 0.2) is 0 Å². The molecule has 0 amide bonds. The summed E-state index contributed by atoms with van der Waals surface area (Å²) in [6.07, 6.45) is 11.4. The summed E-state index contributed by atoms with van der Waals surface area (Å²) in [4.78, 5) is 0. The molecule has 0 fully saturated rings. The van der Waals surface area contributed by atoms with Crippen molar-refractivity contribution < 1.29 is 14.1 Å². The van der Waals surface area contributed by atoms with Crippen LogP contribution < -0.4 is 14.2 Å². The molecule has 9 heteroatoms. The average Bonchev–Trinajstić information content (AvgIpc) is 2.50. The van der Waals surface area contributed by atoms with Gasteiger partial charge in [-0.3, -0.25) is 28.3 Å². The lowest BCUT2D eigenvalue weighted by molar-refractivity contribution is 0.710. The number of rotatable bonds is 12. The van der Waals surface area contributed by atoms with E-state index in [2.05, 4.69) is 73.4 Å². The molecule has 0 aromatic carbocycles. The molecule has 0 saturated carbocycles. The minimum absolute atomic E-state index is 0. The van der Waals surface area contributed by atoms with E-state index in [1.54, 1.807) is 0 Å². The second-order valence-electron chi connectivity index (χ2n) is 4.80. The summed E-state index contributed by atoms with van der Waals surface area (Å²) in [5, 5.41) is 0. The minimum Gasteiger partial charge on any atom is -0.269 e. The SMILES string of the molecule is CCCCCN[S].CCCCCN[S].CCCCCN[S].F.F.F. The van der Waals surface area contributed by atoms with Gasteiger partial charge in [0.1, 0.15) is 0 Å². The van der Waals surface area contributed by atoms with Crippen molar-refractivity contribution in [2.24, 2.45) is 0 Å². The van der Waals surface area contributed by atoms with E-state index in [-0.39, 0.29) is 14.1 Å². The molecule has 0 bridgehead atoms. The topological polar surface area (TPSA) is 36.1 Å². The summed E-state index contributed by atoms with van der Waals surface area (Å²) in [5.41, 5.74) is 0. The van der Waals surface area contributed by atoms with E-state index in [4.69, 9.17) is 0 Å². The Morgan fingerprint density at radius 2 is 0.667 bits per heavy atom. The van der Waals surface area contributed by atoms with Gasteiger partial charge in [0, 0.05) is 58.1 Å². The van der Waals surface area contributed by atoms with Crippen LogP contribution in [-0.4, -0.2) is 19.6 Å². The number of halogens is 3. The predicted molar refractivity (Wildman–Crippen MR) is 113 cm³/mol. The molecule has 24 heavy (non-hydrogen) atoms. The molecule has 0 rings (SSSR count). The van der Waals surface area contributed by atoms with E-state index >= 15 is 0 Å². The highest BCUT2D eigenvalue weighted by Crippen LogP contribution is 1.91. The van der Waals surface area contributed by atoms with Gasteiger partial charge in [-0.15, -0.1) is 0 Å². The zero-order valence-corrected chi connectivity index (χ0v) is 17.9. The second-order valence-corrected chi connectivity index (χ2v) is 5.67. The Morgan fingerprint density at radius 3 is 0.792 bits per heavy atom. The van der Waals surface area contributed by atoms with Crippen LogP contribution in [0.5, 0.6) is 0 Å². The molecule has 3 nitrogen and oxygen atoms in total. The first-order valence-corrected chi connectivity index (χ1v) is 9.52. The Labute approximate surface area is 165 Å². The van der Waals surface area contributed by atoms with Gasteiger partial charge < -0.3 is 0 Å². The third-order valence-electron chi connectivity index (χ3n) is 2.65. The van der Waals surface area contributed by atoms with Gasteiger partial charge in [-0.1, -0.05) is 59.3 Å². The summed E-state index contributed by atoms with van der Waals surface area (Å²) >= 11 is 13.5. The molecule has 0 aliphatic heterocycles. The molecule has 0 atom stereocenters. The molecule has 0 aromatic heterocycles. The monoisotopic (exact) mass is 414 g/mol. The lowest BCUT2D eigenvalue weighted by atomic mass is 10.3. The highest BCUT2D eigenvalue weighted by atomic mass is 32.1. The van der Waals surface area contributed by atoms with Crippen molar-refractivity contribution >= 4 is 38.4 Å². The first-order valence-electron chi connectivity index (χ1n) is 8.29. The molecule has 0 spiro atoms. The fourth-order valence-corrected chi connectivity index (χ4v) is 1.77. The number of unbranched alkanes of at least 4 members (excludes halogenated alkanes) is 6. The predicted octanol–water partition coefficient (Wildman–Crippen LogP) is 6.09. The lowest BCUT2D eigenvalue weighted by Gasteiger charge is -1.91. The van der Waals surface area contributed by atoms with E-state index in [0.29, 0.717) is 0 Å². The van der Waals surface area contributed by atoms with E-state index in [1.165, 1.54) is 57.8 Å². The fraction of sp³-hybridized carbons (Fsp3) is 1.00. The van der Waals surface area contributed by atoms with Crippen LogP contribution in [0.15, 0.2) is 0 Å². The Bertz CT molecular complexity index is 119. The van der Waals surface area contributed by atoms with Gasteiger partial charge in [-0.05, 0) is 19.3 Å². The first-order chi connectivity index (χ1) is 10.2. The van der Waals surface area contributed by atoms with Crippen molar-refractivity contribution in [1.29, 1.82) is 0 Å². The summed E-state index contributed by atoms with van der Waals surface area (Å²) in [7, 11) is 0. The molecule has 3 radical (unpaired) electrons. The van der Waals surface area contributed by atoms with E-state index in [9.17, 15) is 0 Å². The third kappa shape index (κ3) is 66.2. The zero-order valence-electron chi connectivity index (χ0n) is 15.4. The highest BCUT2D eigenvalue weighted by molar-refractivity contribution is 7.78. The van der Waals surface area contributed by atoms with Crippen molar-refractivity contribution in [3.05, 3.63) is 0 Å². The molecule has 0 aliphatic rings. The normalized spacial score (nSPS) is 8.25. The van der Waals surface area contributed by atoms with E-state index in [1.807, 2.05) is 0 Å². The molecular weight excluding hydrogens is 375 g/mol. The van der Waals surface area contributed by atoms with Crippen LogP contribution in [0, 0.1) is 0 Å². The molecule has 0 unspecified atom stereocenters.